The van der Waals surface area contributed by atoms with Gasteiger partial charge in [0, 0.05) is 20.7 Å². The molecule has 0 N–H and O–H groups in total. The smallest absolute Gasteiger partial charge is 0.149 e. The summed E-state index contributed by atoms with van der Waals surface area (Å²) >= 11 is 0. The van der Waals surface area contributed by atoms with Crippen LogP contribution in [0.15, 0.2) is 6.33 Å². The summed E-state index contributed by atoms with van der Waals surface area (Å²) in [7, 11) is 3.75. The molecule has 0 aromatic carbocycles. The van der Waals surface area contributed by atoms with E-state index in [0.717, 1.165) is 25.5 Å². The fraction of sp³-hybridized carbons (Fsp3) is 0.800. The molecule has 84 valence electrons. The maximum atomic E-state index is 5.12. The Balaban J connectivity index is 2.04. The molecule has 0 spiro atoms. The van der Waals surface area contributed by atoms with Crippen molar-refractivity contribution in [1.29, 1.82) is 0 Å². The molecule has 5 heteroatoms. The minimum Gasteiger partial charge on any atom is -0.383 e. The molecule has 1 aliphatic rings. The fourth-order valence-corrected chi connectivity index (χ4v) is 2.19. The largest absolute Gasteiger partial charge is 0.383 e. The molecule has 1 fully saturated rings. The highest BCUT2D eigenvalue weighted by Crippen LogP contribution is 2.29. The van der Waals surface area contributed by atoms with Gasteiger partial charge in [-0.1, -0.05) is 0 Å². The highest BCUT2D eigenvalue weighted by Gasteiger charge is 2.28. The van der Waals surface area contributed by atoms with Crippen molar-refractivity contribution in [2.75, 3.05) is 26.8 Å². The van der Waals surface area contributed by atoms with Crippen molar-refractivity contribution in [3.8, 4) is 0 Å². The first-order valence-electron chi connectivity index (χ1n) is 5.40. The molecule has 2 rings (SSSR count). The van der Waals surface area contributed by atoms with E-state index in [1.165, 1.54) is 12.8 Å². The van der Waals surface area contributed by atoms with Crippen molar-refractivity contribution in [2.24, 2.45) is 7.05 Å². The van der Waals surface area contributed by atoms with Crippen LogP contribution in [0.4, 0.5) is 0 Å². The van der Waals surface area contributed by atoms with Gasteiger partial charge in [-0.05, 0) is 19.4 Å². The van der Waals surface area contributed by atoms with Crippen molar-refractivity contribution in [3.63, 3.8) is 0 Å². The van der Waals surface area contributed by atoms with Gasteiger partial charge >= 0.3 is 0 Å². The van der Waals surface area contributed by atoms with Gasteiger partial charge in [-0.2, -0.15) is 0 Å². The molecule has 1 aromatic rings. The van der Waals surface area contributed by atoms with Crippen LogP contribution in [-0.4, -0.2) is 46.5 Å². The highest BCUT2D eigenvalue weighted by atomic mass is 16.5. The SMILES string of the molecule is COCCN1CCC[C@H]1c1nncn1C. The van der Waals surface area contributed by atoms with Gasteiger partial charge in [0.1, 0.15) is 12.2 Å². The Labute approximate surface area is 90.0 Å². The van der Waals surface area contributed by atoms with E-state index in [0.29, 0.717) is 6.04 Å². The van der Waals surface area contributed by atoms with Gasteiger partial charge in [-0.15, -0.1) is 10.2 Å². The lowest BCUT2D eigenvalue weighted by atomic mass is 10.2. The maximum absolute atomic E-state index is 5.12. The monoisotopic (exact) mass is 210 g/mol. The van der Waals surface area contributed by atoms with E-state index in [1.807, 2.05) is 11.6 Å². The summed E-state index contributed by atoms with van der Waals surface area (Å²) in [6.45, 7) is 2.91. The lowest BCUT2D eigenvalue weighted by molar-refractivity contribution is 0.138. The van der Waals surface area contributed by atoms with Crippen LogP contribution in [0.2, 0.25) is 0 Å². The van der Waals surface area contributed by atoms with Crippen LogP contribution < -0.4 is 0 Å². The summed E-state index contributed by atoms with van der Waals surface area (Å²) in [6.07, 6.45) is 4.18. The Bertz CT molecular complexity index is 312. The van der Waals surface area contributed by atoms with Crippen molar-refractivity contribution < 1.29 is 4.74 Å². The highest BCUT2D eigenvalue weighted by molar-refractivity contribution is 4.98. The molecule has 0 aliphatic carbocycles. The molecule has 5 nitrogen and oxygen atoms in total. The number of hydrogen-bond donors (Lipinski definition) is 0. The van der Waals surface area contributed by atoms with E-state index < -0.39 is 0 Å². The molecular weight excluding hydrogens is 192 g/mol. The molecule has 2 heterocycles. The standard InChI is InChI=1S/C10H18N4O/c1-13-8-11-12-10(13)9-4-3-5-14(9)6-7-15-2/h8-9H,3-7H2,1-2H3/t9-/m0/s1. The van der Waals surface area contributed by atoms with Gasteiger partial charge in [0.25, 0.3) is 0 Å². The van der Waals surface area contributed by atoms with Gasteiger partial charge in [0.05, 0.1) is 12.6 Å². The number of hydrogen-bond acceptors (Lipinski definition) is 4. The zero-order valence-corrected chi connectivity index (χ0v) is 9.39. The lowest BCUT2D eigenvalue weighted by Gasteiger charge is -2.22. The average Bonchev–Trinajstić information content (AvgIpc) is 2.82. The Morgan fingerprint density at radius 2 is 2.47 bits per heavy atom. The molecule has 0 bridgehead atoms. The molecule has 0 saturated carbocycles. The molecule has 1 aromatic heterocycles. The maximum Gasteiger partial charge on any atom is 0.149 e. The van der Waals surface area contributed by atoms with Gasteiger partial charge in [0.2, 0.25) is 0 Å². The number of likely N-dealkylation sites (tertiary alicyclic amines) is 1. The first-order valence-corrected chi connectivity index (χ1v) is 5.40. The van der Waals surface area contributed by atoms with Crippen LogP contribution in [0.3, 0.4) is 0 Å². The van der Waals surface area contributed by atoms with E-state index in [-0.39, 0.29) is 0 Å². The zero-order chi connectivity index (χ0) is 10.7. The number of nitrogens with zero attached hydrogens (tertiary/aromatic N) is 4. The fourth-order valence-electron chi connectivity index (χ4n) is 2.19. The van der Waals surface area contributed by atoms with Crippen molar-refractivity contribution in [3.05, 3.63) is 12.2 Å². The van der Waals surface area contributed by atoms with Crippen LogP contribution in [0.1, 0.15) is 24.7 Å². The number of methoxy groups -OCH3 is 1. The van der Waals surface area contributed by atoms with Crippen LogP contribution in [0, 0.1) is 0 Å². The molecule has 1 aliphatic heterocycles. The second-order valence-corrected chi connectivity index (χ2v) is 3.99. The van der Waals surface area contributed by atoms with Crippen molar-refractivity contribution in [1.82, 2.24) is 19.7 Å². The predicted molar refractivity (Wildman–Crippen MR) is 56.4 cm³/mol. The molecule has 1 saturated heterocycles. The van der Waals surface area contributed by atoms with Gasteiger partial charge in [0.15, 0.2) is 0 Å². The molecule has 0 amide bonds. The van der Waals surface area contributed by atoms with Gasteiger partial charge < -0.3 is 9.30 Å². The van der Waals surface area contributed by atoms with Crippen LogP contribution >= 0.6 is 0 Å². The molecule has 0 radical (unpaired) electrons. The first kappa shape index (κ1) is 10.6. The summed E-state index contributed by atoms with van der Waals surface area (Å²) in [5.41, 5.74) is 0. The molecule has 0 unspecified atom stereocenters. The quantitative estimate of drug-likeness (QED) is 0.730. The molecular formula is C10H18N4O. The topological polar surface area (TPSA) is 43.2 Å². The molecule has 15 heavy (non-hydrogen) atoms. The van der Waals surface area contributed by atoms with E-state index in [9.17, 15) is 0 Å². The summed E-state index contributed by atoms with van der Waals surface area (Å²) in [5, 5.41) is 8.12. The predicted octanol–water partition coefficient (Wildman–Crippen LogP) is 0.598. The first-order chi connectivity index (χ1) is 7.33. The summed E-state index contributed by atoms with van der Waals surface area (Å²) < 4.78 is 7.12. The summed E-state index contributed by atoms with van der Waals surface area (Å²) in [4.78, 5) is 2.42. The van der Waals surface area contributed by atoms with E-state index >= 15 is 0 Å². The van der Waals surface area contributed by atoms with Crippen molar-refractivity contribution in [2.45, 2.75) is 18.9 Å². The third kappa shape index (κ3) is 2.18. The number of ether oxygens (including phenoxy) is 1. The number of aryl methyl sites for hydroxylation is 1. The van der Waals surface area contributed by atoms with Crippen LogP contribution in [0.25, 0.3) is 0 Å². The minimum absolute atomic E-state index is 0.424. The third-order valence-electron chi connectivity index (χ3n) is 2.99. The van der Waals surface area contributed by atoms with E-state index in [1.54, 1.807) is 13.4 Å². The Morgan fingerprint density at radius 3 is 3.13 bits per heavy atom. The summed E-state index contributed by atoms with van der Waals surface area (Å²) in [6, 6.07) is 0.424. The second kappa shape index (κ2) is 4.72. The summed E-state index contributed by atoms with van der Waals surface area (Å²) in [5.74, 6) is 1.07. The van der Waals surface area contributed by atoms with Crippen LogP contribution in [0.5, 0.6) is 0 Å². The van der Waals surface area contributed by atoms with Gasteiger partial charge in [-0.25, -0.2) is 0 Å². The van der Waals surface area contributed by atoms with E-state index in [2.05, 4.69) is 15.1 Å². The second-order valence-electron chi connectivity index (χ2n) is 3.99. The van der Waals surface area contributed by atoms with Crippen LogP contribution in [-0.2, 0) is 11.8 Å². The number of rotatable bonds is 4. The number of aromatic nitrogens is 3. The zero-order valence-electron chi connectivity index (χ0n) is 9.39. The van der Waals surface area contributed by atoms with Gasteiger partial charge in [-0.3, -0.25) is 4.90 Å². The Hall–Kier alpha value is -0.940. The Morgan fingerprint density at radius 1 is 1.60 bits per heavy atom. The normalized spacial score (nSPS) is 22.4. The molecule has 1 atom stereocenters. The van der Waals surface area contributed by atoms with Crippen molar-refractivity contribution >= 4 is 0 Å². The third-order valence-corrected chi connectivity index (χ3v) is 2.99. The lowest BCUT2D eigenvalue weighted by Crippen LogP contribution is -2.28. The Kier molecular flexibility index (Phi) is 3.33. The average molecular weight is 210 g/mol. The van der Waals surface area contributed by atoms with E-state index in [4.69, 9.17) is 4.74 Å². The minimum atomic E-state index is 0.424.